The number of anilines is 1. The van der Waals surface area contributed by atoms with Crippen LogP contribution in [0.4, 0.5) is 5.69 Å². The minimum atomic E-state index is -0.304. The second-order valence-corrected chi connectivity index (χ2v) is 7.57. The van der Waals surface area contributed by atoms with Crippen LogP contribution in [0.1, 0.15) is 33.0 Å². The van der Waals surface area contributed by atoms with Crippen LogP contribution in [0.5, 0.6) is 5.75 Å². The van der Waals surface area contributed by atoms with Crippen molar-refractivity contribution in [1.82, 2.24) is 29.3 Å². The van der Waals surface area contributed by atoms with E-state index < -0.39 is 0 Å². The SMILES string of the molecule is Cc1ccc(OCn2cc(NC(=O)c3ccn(Cn4nc(C)cc4C)n3)cn2)c(C)c1. The Balaban J connectivity index is 1.34. The molecular weight excluding hydrogens is 394 g/mol. The Morgan fingerprint density at radius 2 is 1.90 bits per heavy atom. The Bertz CT molecular complexity index is 1220. The minimum Gasteiger partial charge on any atom is -0.471 e. The van der Waals surface area contributed by atoms with Crippen molar-refractivity contribution in [2.75, 3.05) is 5.32 Å². The van der Waals surface area contributed by atoms with Gasteiger partial charge in [0.2, 0.25) is 0 Å². The van der Waals surface area contributed by atoms with E-state index in [2.05, 4.69) is 26.7 Å². The standard InChI is InChI=1S/C22H25N7O2/c1-15-5-6-21(16(2)9-15)31-14-28-12-19(11-23-28)24-22(30)20-7-8-27(26-20)13-29-18(4)10-17(3)25-29/h5-12H,13-14H2,1-4H3,(H,24,30). The molecular formula is C22H25N7O2. The van der Waals surface area contributed by atoms with Gasteiger partial charge < -0.3 is 10.1 Å². The third kappa shape index (κ3) is 4.82. The van der Waals surface area contributed by atoms with E-state index in [0.717, 1.165) is 22.7 Å². The van der Waals surface area contributed by atoms with Crippen LogP contribution in [-0.2, 0) is 13.4 Å². The van der Waals surface area contributed by atoms with Crippen LogP contribution < -0.4 is 10.1 Å². The van der Waals surface area contributed by atoms with Crippen molar-refractivity contribution in [2.45, 2.75) is 41.1 Å². The van der Waals surface area contributed by atoms with Crippen LogP contribution in [0, 0.1) is 27.7 Å². The van der Waals surface area contributed by atoms with Gasteiger partial charge in [-0.15, -0.1) is 0 Å². The third-order valence-corrected chi connectivity index (χ3v) is 4.83. The highest BCUT2D eigenvalue weighted by atomic mass is 16.5. The molecule has 1 N–H and O–H groups in total. The van der Waals surface area contributed by atoms with Gasteiger partial charge in [0.15, 0.2) is 12.4 Å². The number of benzene rings is 1. The van der Waals surface area contributed by atoms with Crippen molar-refractivity contribution in [3.63, 3.8) is 0 Å². The molecule has 0 unspecified atom stereocenters. The van der Waals surface area contributed by atoms with Gasteiger partial charge in [-0.3, -0.25) is 9.48 Å². The molecule has 0 bridgehead atoms. The number of aryl methyl sites for hydroxylation is 4. The summed E-state index contributed by atoms with van der Waals surface area (Å²) in [6, 6.07) is 9.69. The van der Waals surface area contributed by atoms with Gasteiger partial charge in [-0.25, -0.2) is 9.36 Å². The molecule has 4 rings (SSSR count). The van der Waals surface area contributed by atoms with Crippen LogP contribution in [-0.4, -0.2) is 35.2 Å². The monoisotopic (exact) mass is 419 g/mol. The molecule has 3 aromatic heterocycles. The van der Waals surface area contributed by atoms with Gasteiger partial charge in [-0.1, -0.05) is 17.7 Å². The fraction of sp³-hybridized carbons (Fsp3) is 0.273. The predicted octanol–water partition coefficient (Wildman–Crippen LogP) is 3.30. The van der Waals surface area contributed by atoms with E-state index >= 15 is 0 Å². The summed E-state index contributed by atoms with van der Waals surface area (Å²) >= 11 is 0. The van der Waals surface area contributed by atoms with Crippen molar-refractivity contribution in [3.8, 4) is 5.75 Å². The smallest absolute Gasteiger partial charge is 0.276 e. The molecule has 0 atom stereocenters. The van der Waals surface area contributed by atoms with Crippen LogP contribution in [0.25, 0.3) is 0 Å². The topological polar surface area (TPSA) is 91.8 Å². The predicted molar refractivity (Wildman–Crippen MR) is 116 cm³/mol. The Labute approximate surface area is 180 Å². The fourth-order valence-corrected chi connectivity index (χ4v) is 3.31. The maximum atomic E-state index is 12.5. The molecule has 0 spiro atoms. The number of carbonyl (C=O) groups excluding carboxylic acids is 1. The van der Waals surface area contributed by atoms with E-state index in [1.54, 1.807) is 34.0 Å². The van der Waals surface area contributed by atoms with Crippen LogP contribution >= 0.6 is 0 Å². The van der Waals surface area contributed by atoms with E-state index in [-0.39, 0.29) is 12.6 Å². The molecule has 4 aromatic rings. The third-order valence-electron chi connectivity index (χ3n) is 4.83. The molecule has 9 heteroatoms. The van der Waals surface area contributed by atoms with Crippen molar-refractivity contribution >= 4 is 11.6 Å². The summed E-state index contributed by atoms with van der Waals surface area (Å²) in [5, 5.41) is 15.8. The summed E-state index contributed by atoms with van der Waals surface area (Å²) in [5.41, 5.74) is 5.13. The minimum absolute atomic E-state index is 0.247. The average molecular weight is 419 g/mol. The van der Waals surface area contributed by atoms with E-state index in [0.29, 0.717) is 18.1 Å². The lowest BCUT2D eigenvalue weighted by atomic mass is 10.1. The average Bonchev–Trinajstić information content (AvgIpc) is 3.43. The first-order chi connectivity index (χ1) is 14.9. The number of rotatable bonds is 7. The van der Waals surface area contributed by atoms with Crippen molar-refractivity contribution in [3.05, 3.63) is 77.1 Å². The largest absolute Gasteiger partial charge is 0.471 e. The molecule has 3 heterocycles. The zero-order valence-electron chi connectivity index (χ0n) is 18.0. The first-order valence-corrected chi connectivity index (χ1v) is 9.96. The first kappa shape index (κ1) is 20.4. The molecule has 0 fully saturated rings. The summed E-state index contributed by atoms with van der Waals surface area (Å²) in [7, 11) is 0. The molecule has 1 aromatic carbocycles. The number of hydrogen-bond donors (Lipinski definition) is 1. The maximum absolute atomic E-state index is 12.5. The number of hydrogen-bond acceptors (Lipinski definition) is 5. The van der Waals surface area contributed by atoms with Gasteiger partial charge in [0.1, 0.15) is 12.4 Å². The van der Waals surface area contributed by atoms with Gasteiger partial charge >= 0.3 is 0 Å². The Morgan fingerprint density at radius 1 is 1.06 bits per heavy atom. The lowest BCUT2D eigenvalue weighted by Crippen LogP contribution is -2.15. The molecule has 0 saturated carbocycles. The summed E-state index contributed by atoms with van der Waals surface area (Å²) < 4.78 is 11.0. The molecule has 0 aliphatic carbocycles. The van der Waals surface area contributed by atoms with Crippen molar-refractivity contribution in [1.29, 1.82) is 0 Å². The maximum Gasteiger partial charge on any atom is 0.276 e. The molecule has 9 nitrogen and oxygen atoms in total. The van der Waals surface area contributed by atoms with Crippen LogP contribution in [0.15, 0.2) is 48.9 Å². The molecule has 0 aliphatic rings. The van der Waals surface area contributed by atoms with Crippen LogP contribution in [0.3, 0.4) is 0 Å². The second kappa shape index (κ2) is 8.47. The normalized spacial score (nSPS) is 11.0. The van der Waals surface area contributed by atoms with Gasteiger partial charge in [-0.2, -0.15) is 15.3 Å². The molecule has 0 radical (unpaired) electrons. The summed E-state index contributed by atoms with van der Waals surface area (Å²) in [5.74, 6) is 0.502. The molecule has 31 heavy (non-hydrogen) atoms. The van der Waals surface area contributed by atoms with Crippen molar-refractivity contribution in [2.24, 2.45) is 0 Å². The first-order valence-electron chi connectivity index (χ1n) is 9.96. The van der Waals surface area contributed by atoms with Crippen molar-refractivity contribution < 1.29 is 9.53 Å². The van der Waals surface area contributed by atoms with Gasteiger partial charge in [-0.05, 0) is 51.5 Å². The number of amides is 1. The van der Waals surface area contributed by atoms with Gasteiger partial charge in [0.05, 0.1) is 23.8 Å². The van der Waals surface area contributed by atoms with Gasteiger partial charge in [0.25, 0.3) is 5.91 Å². The highest BCUT2D eigenvalue weighted by Crippen LogP contribution is 2.19. The van der Waals surface area contributed by atoms with E-state index in [4.69, 9.17) is 4.74 Å². The number of ether oxygens (including phenoxy) is 1. The van der Waals surface area contributed by atoms with E-state index in [1.807, 2.05) is 50.6 Å². The lowest BCUT2D eigenvalue weighted by molar-refractivity contribution is 0.102. The highest BCUT2D eigenvalue weighted by Gasteiger charge is 2.12. The van der Waals surface area contributed by atoms with Crippen LogP contribution in [0.2, 0.25) is 0 Å². The fourth-order valence-electron chi connectivity index (χ4n) is 3.31. The summed E-state index contributed by atoms with van der Waals surface area (Å²) in [6.07, 6.45) is 5.05. The zero-order chi connectivity index (χ0) is 22.0. The molecule has 0 saturated heterocycles. The second-order valence-electron chi connectivity index (χ2n) is 7.57. The van der Waals surface area contributed by atoms with E-state index in [9.17, 15) is 4.79 Å². The number of nitrogens with zero attached hydrogens (tertiary/aromatic N) is 6. The van der Waals surface area contributed by atoms with Gasteiger partial charge in [0, 0.05) is 11.9 Å². The Morgan fingerprint density at radius 3 is 2.65 bits per heavy atom. The van der Waals surface area contributed by atoms with E-state index in [1.165, 1.54) is 5.56 Å². The molecule has 1 amide bonds. The summed E-state index contributed by atoms with van der Waals surface area (Å²) in [4.78, 5) is 12.5. The zero-order valence-corrected chi connectivity index (χ0v) is 18.0. The number of nitrogens with one attached hydrogen (secondary N) is 1. The quantitative estimate of drug-likeness (QED) is 0.496. The number of carbonyl (C=O) groups is 1. The Kier molecular flexibility index (Phi) is 5.57. The Hall–Kier alpha value is -3.88. The highest BCUT2D eigenvalue weighted by molar-refractivity contribution is 6.02. The lowest BCUT2D eigenvalue weighted by Gasteiger charge is -2.09. The summed E-state index contributed by atoms with van der Waals surface area (Å²) in [6.45, 7) is 8.67. The number of aromatic nitrogens is 6. The molecule has 160 valence electrons. The molecule has 0 aliphatic heterocycles.